The van der Waals surface area contributed by atoms with Crippen molar-refractivity contribution in [2.75, 3.05) is 18.0 Å². The van der Waals surface area contributed by atoms with Crippen molar-refractivity contribution < 1.29 is 0 Å². The first-order valence-corrected chi connectivity index (χ1v) is 9.64. The first kappa shape index (κ1) is 16.8. The number of hydrogen-bond acceptors (Lipinski definition) is 6. The average molecular weight is 371 g/mol. The molecule has 0 saturated carbocycles. The molecule has 0 bridgehead atoms. The Hall–Kier alpha value is -3.35. The quantitative estimate of drug-likeness (QED) is 0.548. The van der Waals surface area contributed by atoms with Gasteiger partial charge in [-0.1, -0.05) is 12.1 Å². The molecule has 28 heavy (non-hydrogen) atoms. The summed E-state index contributed by atoms with van der Waals surface area (Å²) in [5.41, 5.74) is 3.62. The van der Waals surface area contributed by atoms with Gasteiger partial charge in [0.05, 0.1) is 6.20 Å². The molecule has 1 saturated heterocycles. The summed E-state index contributed by atoms with van der Waals surface area (Å²) >= 11 is 0. The van der Waals surface area contributed by atoms with E-state index in [0.717, 1.165) is 54.3 Å². The molecule has 7 nitrogen and oxygen atoms in total. The molecular formula is C21H21N7. The number of pyridine rings is 2. The van der Waals surface area contributed by atoms with Crippen LogP contribution in [0.25, 0.3) is 22.6 Å². The standard InChI is InChI=1S/C21H21N7/c1-2-28-14-18-19(26-28)21(25-20(24-18)17-8-4-6-11-23-17)27-12-9-15(13-27)16-7-3-5-10-22-16/h3-8,10-11,14-15H,2,9,12-13H2,1H3. The lowest BCUT2D eigenvalue weighted by Crippen LogP contribution is -2.21. The van der Waals surface area contributed by atoms with Crippen molar-refractivity contribution in [3.8, 4) is 11.5 Å². The van der Waals surface area contributed by atoms with Gasteiger partial charge in [0.2, 0.25) is 0 Å². The molecular weight excluding hydrogens is 350 g/mol. The Labute approximate surface area is 163 Å². The van der Waals surface area contributed by atoms with E-state index in [0.29, 0.717) is 11.7 Å². The van der Waals surface area contributed by atoms with Gasteiger partial charge in [0.25, 0.3) is 0 Å². The van der Waals surface area contributed by atoms with Crippen molar-refractivity contribution in [1.29, 1.82) is 0 Å². The van der Waals surface area contributed by atoms with Gasteiger partial charge in [-0.2, -0.15) is 5.10 Å². The first-order valence-electron chi connectivity index (χ1n) is 9.64. The van der Waals surface area contributed by atoms with E-state index in [1.165, 1.54) is 0 Å². The monoisotopic (exact) mass is 371 g/mol. The van der Waals surface area contributed by atoms with E-state index in [-0.39, 0.29) is 0 Å². The highest BCUT2D eigenvalue weighted by atomic mass is 15.3. The van der Waals surface area contributed by atoms with E-state index in [1.807, 2.05) is 41.3 Å². The van der Waals surface area contributed by atoms with Gasteiger partial charge in [0.15, 0.2) is 17.2 Å². The fraction of sp³-hybridized carbons (Fsp3) is 0.286. The van der Waals surface area contributed by atoms with Crippen molar-refractivity contribution in [3.63, 3.8) is 0 Å². The van der Waals surface area contributed by atoms with Gasteiger partial charge >= 0.3 is 0 Å². The smallest absolute Gasteiger partial charge is 0.180 e. The minimum Gasteiger partial charge on any atom is -0.354 e. The predicted molar refractivity (Wildman–Crippen MR) is 108 cm³/mol. The van der Waals surface area contributed by atoms with Gasteiger partial charge in [-0.3, -0.25) is 14.6 Å². The van der Waals surface area contributed by atoms with E-state index in [2.05, 4.69) is 33.9 Å². The minimum atomic E-state index is 0.401. The van der Waals surface area contributed by atoms with E-state index in [9.17, 15) is 0 Å². The Morgan fingerprint density at radius 3 is 2.64 bits per heavy atom. The zero-order valence-electron chi connectivity index (χ0n) is 15.7. The molecule has 140 valence electrons. The van der Waals surface area contributed by atoms with Crippen molar-refractivity contribution in [2.24, 2.45) is 0 Å². The number of aryl methyl sites for hydroxylation is 1. The SMILES string of the molecule is CCn1cc2nc(-c3ccccn3)nc(N3CCC(c4ccccn4)C3)c2n1. The summed E-state index contributed by atoms with van der Waals surface area (Å²) < 4.78 is 1.91. The van der Waals surface area contributed by atoms with Crippen LogP contribution >= 0.6 is 0 Å². The molecule has 0 spiro atoms. The van der Waals surface area contributed by atoms with E-state index in [4.69, 9.17) is 15.1 Å². The topological polar surface area (TPSA) is 72.6 Å². The number of anilines is 1. The van der Waals surface area contributed by atoms with Crippen molar-refractivity contribution >= 4 is 16.9 Å². The minimum absolute atomic E-state index is 0.401. The summed E-state index contributed by atoms with van der Waals surface area (Å²) in [6.07, 6.45) is 6.67. The summed E-state index contributed by atoms with van der Waals surface area (Å²) in [7, 11) is 0. The van der Waals surface area contributed by atoms with Crippen LogP contribution in [0.4, 0.5) is 5.82 Å². The molecule has 4 aromatic heterocycles. The highest BCUT2D eigenvalue weighted by molar-refractivity contribution is 5.87. The maximum Gasteiger partial charge on any atom is 0.180 e. The van der Waals surface area contributed by atoms with Gasteiger partial charge in [0, 0.05) is 43.6 Å². The highest BCUT2D eigenvalue weighted by Gasteiger charge is 2.28. The van der Waals surface area contributed by atoms with Crippen LogP contribution in [0, 0.1) is 0 Å². The maximum atomic E-state index is 4.88. The Bertz CT molecular complexity index is 1090. The van der Waals surface area contributed by atoms with Crippen LogP contribution in [0.3, 0.4) is 0 Å². The molecule has 5 rings (SSSR count). The van der Waals surface area contributed by atoms with E-state index < -0.39 is 0 Å². The van der Waals surface area contributed by atoms with Gasteiger partial charge in [-0.15, -0.1) is 0 Å². The maximum absolute atomic E-state index is 4.88. The van der Waals surface area contributed by atoms with Crippen LogP contribution in [0.5, 0.6) is 0 Å². The summed E-state index contributed by atoms with van der Waals surface area (Å²) in [6, 6.07) is 11.9. The second kappa shape index (κ2) is 6.99. The summed E-state index contributed by atoms with van der Waals surface area (Å²) in [5.74, 6) is 1.93. The molecule has 0 N–H and O–H groups in total. The van der Waals surface area contributed by atoms with E-state index >= 15 is 0 Å². The second-order valence-corrected chi connectivity index (χ2v) is 6.99. The third kappa shape index (κ3) is 2.98. The van der Waals surface area contributed by atoms with Crippen LogP contribution in [0.2, 0.25) is 0 Å². The van der Waals surface area contributed by atoms with E-state index in [1.54, 1.807) is 6.20 Å². The average Bonchev–Trinajstić information content (AvgIpc) is 3.41. The molecule has 1 fully saturated rings. The Morgan fingerprint density at radius 1 is 1.04 bits per heavy atom. The molecule has 0 aromatic carbocycles. The number of hydrogen-bond donors (Lipinski definition) is 0. The number of rotatable bonds is 4. The zero-order chi connectivity index (χ0) is 18.9. The molecule has 5 heterocycles. The Balaban J connectivity index is 1.57. The lowest BCUT2D eigenvalue weighted by atomic mass is 10.0. The summed E-state index contributed by atoms with van der Waals surface area (Å²) in [6.45, 7) is 4.68. The fourth-order valence-corrected chi connectivity index (χ4v) is 3.75. The van der Waals surface area contributed by atoms with Crippen LogP contribution in [0.1, 0.15) is 25.0 Å². The van der Waals surface area contributed by atoms with Gasteiger partial charge in [-0.05, 0) is 37.6 Å². The van der Waals surface area contributed by atoms with Gasteiger partial charge in [-0.25, -0.2) is 9.97 Å². The summed E-state index contributed by atoms with van der Waals surface area (Å²) in [5, 5.41) is 4.72. The lowest BCUT2D eigenvalue weighted by molar-refractivity contribution is 0.667. The van der Waals surface area contributed by atoms with Crippen LogP contribution < -0.4 is 4.90 Å². The molecule has 4 aromatic rings. The second-order valence-electron chi connectivity index (χ2n) is 6.99. The third-order valence-electron chi connectivity index (χ3n) is 5.20. The zero-order valence-corrected chi connectivity index (χ0v) is 15.7. The van der Waals surface area contributed by atoms with Gasteiger partial charge < -0.3 is 4.90 Å². The van der Waals surface area contributed by atoms with Crippen LogP contribution in [0.15, 0.2) is 55.0 Å². The molecule has 0 amide bonds. The number of fused-ring (bicyclic) bond motifs is 1. The number of aromatic nitrogens is 6. The lowest BCUT2D eigenvalue weighted by Gasteiger charge is -2.18. The molecule has 1 unspecified atom stereocenters. The van der Waals surface area contributed by atoms with Crippen molar-refractivity contribution in [2.45, 2.75) is 25.8 Å². The van der Waals surface area contributed by atoms with Gasteiger partial charge in [0.1, 0.15) is 11.2 Å². The molecule has 7 heteroatoms. The van der Waals surface area contributed by atoms with Crippen LogP contribution in [-0.2, 0) is 6.54 Å². The normalized spacial score (nSPS) is 16.8. The molecule has 1 aliphatic rings. The molecule has 1 aliphatic heterocycles. The molecule has 0 aliphatic carbocycles. The molecule has 0 radical (unpaired) electrons. The van der Waals surface area contributed by atoms with Crippen molar-refractivity contribution in [1.82, 2.24) is 29.7 Å². The summed E-state index contributed by atoms with van der Waals surface area (Å²) in [4.78, 5) is 20.9. The fourth-order valence-electron chi connectivity index (χ4n) is 3.75. The Morgan fingerprint density at radius 2 is 1.89 bits per heavy atom. The predicted octanol–water partition coefficient (Wildman–Crippen LogP) is 3.30. The Kier molecular flexibility index (Phi) is 4.20. The highest BCUT2D eigenvalue weighted by Crippen LogP contribution is 2.33. The first-order chi connectivity index (χ1) is 13.8. The van der Waals surface area contributed by atoms with Crippen molar-refractivity contribution in [3.05, 3.63) is 60.7 Å². The largest absolute Gasteiger partial charge is 0.354 e. The van der Waals surface area contributed by atoms with Crippen LogP contribution in [-0.4, -0.2) is 42.8 Å². The molecule has 1 atom stereocenters. The number of nitrogens with zero attached hydrogens (tertiary/aromatic N) is 7. The third-order valence-corrected chi connectivity index (χ3v) is 5.20.